The summed E-state index contributed by atoms with van der Waals surface area (Å²) in [6, 6.07) is 6.90. The van der Waals surface area contributed by atoms with E-state index in [1.54, 1.807) is 36.2 Å². The van der Waals surface area contributed by atoms with Gasteiger partial charge in [-0.1, -0.05) is 17.7 Å². The average molecular weight is 372 g/mol. The summed E-state index contributed by atoms with van der Waals surface area (Å²) in [6.45, 7) is 0. The lowest BCUT2D eigenvalue weighted by molar-refractivity contribution is -0.139. The minimum Gasteiger partial charge on any atom is -0.474 e. The topological polar surface area (TPSA) is 38.2 Å². The molecule has 1 aliphatic rings. The van der Waals surface area contributed by atoms with Crippen molar-refractivity contribution in [1.82, 2.24) is 9.97 Å². The smallest absolute Gasteiger partial charge is 0.423 e. The largest absolute Gasteiger partial charge is 0.474 e. The second-order valence-corrected chi connectivity index (χ2v) is 6.39. The zero-order chi connectivity index (χ0) is 18.0. The fraction of sp³-hybridized carbons (Fsp3) is 0.412. The van der Waals surface area contributed by atoms with Crippen molar-refractivity contribution >= 4 is 23.2 Å². The maximum Gasteiger partial charge on any atom is 0.423 e. The van der Waals surface area contributed by atoms with Crippen molar-refractivity contribution in [1.29, 1.82) is 0 Å². The van der Waals surface area contributed by atoms with Crippen molar-refractivity contribution in [2.75, 3.05) is 11.9 Å². The SMILES string of the molecule is CN(c1cccc(Cl)c1)c1ncc(C(F)(F)F)c(OC2CCCC2)n1. The van der Waals surface area contributed by atoms with Crippen molar-refractivity contribution in [3.05, 3.63) is 41.0 Å². The number of hydrogen-bond acceptors (Lipinski definition) is 4. The van der Waals surface area contributed by atoms with E-state index in [1.807, 2.05) is 0 Å². The van der Waals surface area contributed by atoms with Crippen molar-refractivity contribution in [2.24, 2.45) is 0 Å². The van der Waals surface area contributed by atoms with E-state index in [1.165, 1.54) is 0 Å². The first-order valence-electron chi connectivity index (χ1n) is 7.95. The van der Waals surface area contributed by atoms with Crippen LogP contribution in [-0.2, 0) is 6.18 Å². The Morgan fingerprint density at radius 2 is 1.96 bits per heavy atom. The Kier molecular flexibility index (Phi) is 5.03. The number of halogens is 4. The van der Waals surface area contributed by atoms with E-state index in [0.29, 0.717) is 10.7 Å². The minimum atomic E-state index is -4.57. The predicted molar refractivity (Wildman–Crippen MR) is 89.4 cm³/mol. The Bertz CT molecular complexity index is 748. The molecule has 0 N–H and O–H groups in total. The van der Waals surface area contributed by atoms with Crippen LogP contribution in [0.3, 0.4) is 0 Å². The molecule has 8 heteroatoms. The molecule has 4 nitrogen and oxygen atoms in total. The number of nitrogens with zero attached hydrogens (tertiary/aromatic N) is 3. The summed E-state index contributed by atoms with van der Waals surface area (Å²) in [5, 5.41) is 0.513. The van der Waals surface area contributed by atoms with Crippen LogP contribution in [0, 0.1) is 0 Å². The van der Waals surface area contributed by atoms with Gasteiger partial charge in [0, 0.05) is 24.0 Å². The van der Waals surface area contributed by atoms with Crippen LogP contribution in [0.25, 0.3) is 0 Å². The standard InChI is InChI=1S/C17H17ClF3N3O/c1-24(12-6-4-5-11(18)9-12)16-22-10-14(17(19,20)21)15(23-16)25-13-7-2-3-8-13/h4-6,9-10,13H,2-3,7-8H2,1H3. The maximum absolute atomic E-state index is 13.2. The third kappa shape index (κ3) is 4.15. The van der Waals surface area contributed by atoms with Gasteiger partial charge in [0.2, 0.25) is 11.8 Å². The number of hydrogen-bond donors (Lipinski definition) is 0. The van der Waals surface area contributed by atoms with Crippen LogP contribution < -0.4 is 9.64 Å². The monoisotopic (exact) mass is 371 g/mol. The maximum atomic E-state index is 13.2. The van der Waals surface area contributed by atoms with Crippen molar-refractivity contribution in [3.8, 4) is 5.88 Å². The molecule has 0 aliphatic heterocycles. The highest BCUT2D eigenvalue weighted by atomic mass is 35.5. The minimum absolute atomic E-state index is 0.114. The molecule has 1 fully saturated rings. The summed E-state index contributed by atoms with van der Waals surface area (Å²) in [4.78, 5) is 9.46. The average Bonchev–Trinajstić information content (AvgIpc) is 3.06. The van der Waals surface area contributed by atoms with Crippen molar-refractivity contribution in [2.45, 2.75) is 38.0 Å². The lowest BCUT2D eigenvalue weighted by Gasteiger charge is -2.21. The van der Waals surface area contributed by atoms with Gasteiger partial charge in [0.1, 0.15) is 11.7 Å². The molecular formula is C17H17ClF3N3O. The van der Waals surface area contributed by atoms with Gasteiger partial charge in [0.15, 0.2) is 0 Å². The fourth-order valence-electron chi connectivity index (χ4n) is 2.77. The third-order valence-corrected chi connectivity index (χ3v) is 4.36. The highest BCUT2D eigenvalue weighted by Gasteiger charge is 2.37. The summed E-state index contributed by atoms with van der Waals surface area (Å²) >= 11 is 5.97. The fourth-order valence-corrected chi connectivity index (χ4v) is 2.95. The molecule has 134 valence electrons. The van der Waals surface area contributed by atoms with Gasteiger partial charge in [0.25, 0.3) is 0 Å². The van der Waals surface area contributed by atoms with Gasteiger partial charge in [-0.05, 0) is 43.9 Å². The summed E-state index contributed by atoms with van der Waals surface area (Å²) in [5.74, 6) is -0.304. The summed E-state index contributed by atoms with van der Waals surface area (Å²) < 4.78 is 45.3. The molecule has 0 radical (unpaired) electrons. The molecule has 0 unspecified atom stereocenters. The molecule has 0 spiro atoms. The molecule has 1 aromatic carbocycles. The first-order valence-corrected chi connectivity index (χ1v) is 8.32. The Morgan fingerprint density at radius 1 is 1.24 bits per heavy atom. The Hall–Kier alpha value is -2.02. The third-order valence-electron chi connectivity index (χ3n) is 4.12. The molecule has 1 saturated carbocycles. The Balaban J connectivity index is 1.94. The molecule has 2 aromatic rings. The summed E-state index contributed by atoms with van der Waals surface area (Å²) in [6.07, 6.45) is -0.657. The van der Waals surface area contributed by atoms with E-state index in [2.05, 4.69) is 9.97 Å². The van der Waals surface area contributed by atoms with Gasteiger partial charge >= 0.3 is 6.18 Å². The van der Waals surface area contributed by atoms with Crippen molar-refractivity contribution in [3.63, 3.8) is 0 Å². The molecule has 0 bridgehead atoms. The normalized spacial score (nSPS) is 15.4. The zero-order valence-corrected chi connectivity index (χ0v) is 14.3. The van der Waals surface area contributed by atoms with Crippen LogP contribution >= 0.6 is 11.6 Å². The van der Waals surface area contributed by atoms with Gasteiger partial charge in [0.05, 0.1) is 0 Å². The van der Waals surface area contributed by atoms with Crippen LogP contribution in [0.1, 0.15) is 31.2 Å². The Labute approximate surface area is 148 Å². The Morgan fingerprint density at radius 3 is 2.60 bits per heavy atom. The molecule has 0 saturated heterocycles. The lowest BCUT2D eigenvalue weighted by Crippen LogP contribution is -2.20. The molecule has 1 aromatic heterocycles. The highest BCUT2D eigenvalue weighted by molar-refractivity contribution is 6.30. The van der Waals surface area contributed by atoms with Gasteiger partial charge < -0.3 is 9.64 Å². The molecule has 0 atom stereocenters. The second kappa shape index (κ2) is 7.07. The van der Waals surface area contributed by atoms with Crippen LogP contribution in [0.5, 0.6) is 5.88 Å². The van der Waals surface area contributed by atoms with E-state index in [0.717, 1.165) is 31.9 Å². The number of rotatable bonds is 4. The first kappa shape index (κ1) is 17.8. The number of anilines is 2. The highest BCUT2D eigenvalue weighted by Crippen LogP contribution is 2.37. The number of alkyl halides is 3. The zero-order valence-electron chi connectivity index (χ0n) is 13.6. The van der Waals surface area contributed by atoms with E-state index in [9.17, 15) is 13.2 Å². The summed E-state index contributed by atoms with van der Waals surface area (Å²) in [7, 11) is 1.66. The molecule has 3 rings (SSSR count). The lowest BCUT2D eigenvalue weighted by atomic mass is 10.3. The van der Waals surface area contributed by atoms with E-state index in [4.69, 9.17) is 16.3 Å². The number of aromatic nitrogens is 2. The van der Waals surface area contributed by atoms with E-state index < -0.39 is 17.6 Å². The van der Waals surface area contributed by atoms with Crippen LogP contribution in [0.15, 0.2) is 30.5 Å². The van der Waals surface area contributed by atoms with Gasteiger partial charge in [-0.3, -0.25) is 0 Å². The van der Waals surface area contributed by atoms with Crippen LogP contribution in [0.4, 0.5) is 24.8 Å². The number of benzene rings is 1. The van der Waals surface area contributed by atoms with Gasteiger partial charge in [-0.15, -0.1) is 0 Å². The number of ether oxygens (including phenoxy) is 1. The molecule has 0 amide bonds. The molecular weight excluding hydrogens is 355 g/mol. The quantitative estimate of drug-likeness (QED) is 0.736. The molecule has 1 aliphatic carbocycles. The van der Waals surface area contributed by atoms with Gasteiger partial charge in [-0.2, -0.15) is 18.2 Å². The molecule has 1 heterocycles. The predicted octanol–water partition coefficient (Wildman–Crippen LogP) is 5.24. The summed E-state index contributed by atoms with van der Waals surface area (Å²) in [5.41, 5.74) is -0.290. The van der Waals surface area contributed by atoms with Crippen LogP contribution in [0.2, 0.25) is 5.02 Å². The van der Waals surface area contributed by atoms with E-state index >= 15 is 0 Å². The van der Waals surface area contributed by atoms with Crippen molar-refractivity contribution < 1.29 is 17.9 Å². The van der Waals surface area contributed by atoms with E-state index in [-0.39, 0.29) is 12.1 Å². The van der Waals surface area contributed by atoms with Gasteiger partial charge in [-0.25, -0.2) is 4.98 Å². The molecule has 25 heavy (non-hydrogen) atoms. The second-order valence-electron chi connectivity index (χ2n) is 5.95. The first-order chi connectivity index (χ1) is 11.8. The van der Waals surface area contributed by atoms with Crippen LogP contribution in [-0.4, -0.2) is 23.1 Å².